The average molecular weight is 155 g/mol. The number of rotatable bonds is 5. The normalized spacial score (nSPS) is 12.7. The van der Waals surface area contributed by atoms with Gasteiger partial charge < -0.3 is 5.21 Å². The largest absolute Gasteiger partial charge is 0.411 e. The third-order valence-corrected chi connectivity index (χ3v) is 1.55. The Labute approximate surface area is 68.6 Å². The van der Waals surface area contributed by atoms with Crippen molar-refractivity contribution < 1.29 is 5.21 Å². The van der Waals surface area contributed by atoms with Gasteiger partial charge in [-0.25, -0.2) is 0 Å². The van der Waals surface area contributed by atoms with E-state index in [9.17, 15) is 0 Å². The zero-order valence-electron chi connectivity index (χ0n) is 7.38. The minimum Gasteiger partial charge on any atom is -0.411 e. The minimum atomic E-state index is 0.844. The van der Waals surface area contributed by atoms with Gasteiger partial charge in [-0.1, -0.05) is 31.2 Å². The van der Waals surface area contributed by atoms with E-state index < -0.39 is 0 Å². The quantitative estimate of drug-likeness (QED) is 0.281. The first-order valence-corrected chi connectivity index (χ1v) is 4.19. The Morgan fingerprint density at radius 1 is 1.36 bits per heavy atom. The molecule has 0 aliphatic carbocycles. The van der Waals surface area contributed by atoms with Gasteiger partial charge in [-0.05, 0) is 25.7 Å². The topological polar surface area (TPSA) is 32.6 Å². The molecule has 0 rings (SSSR count). The lowest BCUT2D eigenvalue weighted by molar-refractivity contribution is 0.316. The molecular formula is C9H17NO. The standard InChI is InChI=1S/C9H17NO/c1-3-5-6-7-8-9(4-2)10-11/h5-6,11H,3-4,7-8H2,1-2H3/b6-5+,10-9+. The summed E-state index contributed by atoms with van der Waals surface area (Å²) in [4.78, 5) is 0. The fraction of sp³-hybridized carbons (Fsp3) is 0.667. The van der Waals surface area contributed by atoms with E-state index in [-0.39, 0.29) is 0 Å². The smallest absolute Gasteiger partial charge is 0.0571 e. The van der Waals surface area contributed by atoms with Crippen molar-refractivity contribution in [3.8, 4) is 0 Å². The molecular weight excluding hydrogens is 138 g/mol. The molecule has 0 aromatic heterocycles. The van der Waals surface area contributed by atoms with Crippen molar-refractivity contribution in [2.24, 2.45) is 5.16 Å². The van der Waals surface area contributed by atoms with Crippen LogP contribution >= 0.6 is 0 Å². The summed E-state index contributed by atoms with van der Waals surface area (Å²) in [5.41, 5.74) is 0.880. The lowest BCUT2D eigenvalue weighted by Crippen LogP contribution is -1.94. The molecule has 0 spiro atoms. The van der Waals surface area contributed by atoms with Gasteiger partial charge in [0.15, 0.2) is 0 Å². The molecule has 2 nitrogen and oxygen atoms in total. The summed E-state index contributed by atoms with van der Waals surface area (Å²) in [6, 6.07) is 0. The Morgan fingerprint density at radius 2 is 2.09 bits per heavy atom. The molecule has 0 aliphatic heterocycles. The van der Waals surface area contributed by atoms with Crippen LogP contribution in [0.15, 0.2) is 17.3 Å². The predicted octanol–water partition coefficient (Wildman–Crippen LogP) is 2.97. The molecule has 11 heavy (non-hydrogen) atoms. The predicted molar refractivity (Wildman–Crippen MR) is 48.2 cm³/mol. The van der Waals surface area contributed by atoms with Crippen LogP contribution in [0.3, 0.4) is 0 Å². The van der Waals surface area contributed by atoms with E-state index >= 15 is 0 Å². The number of allylic oxidation sites excluding steroid dienone is 2. The van der Waals surface area contributed by atoms with Crippen molar-refractivity contribution >= 4 is 5.71 Å². The molecule has 2 heteroatoms. The fourth-order valence-corrected chi connectivity index (χ4v) is 0.832. The summed E-state index contributed by atoms with van der Waals surface area (Å²) >= 11 is 0. The van der Waals surface area contributed by atoms with Gasteiger partial charge in [-0.3, -0.25) is 0 Å². The fourth-order valence-electron chi connectivity index (χ4n) is 0.832. The first kappa shape index (κ1) is 10.2. The molecule has 1 N–H and O–H groups in total. The van der Waals surface area contributed by atoms with Gasteiger partial charge in [0.1, 0.15) is 0 Å². The second-order valence-electron chi connectivity index (χ2n) is 2.44. The Balaban J connectivity index is 3.44. The second kappa shape index (κ2) is 7.32. The molecule has 0 amide bonds. The summed E-state index contributed by atoms with van der Waals surface area (Å²) in [6.07, 6.45) is 8.05. The third kappa shape index (κ3) is 5.64. The van der Waals surface area contributed by atoms with Crippen LogP contribution in [0.25, 0.3) is 0 Å². The summed E-state index contributed by atoms with van der Waals surface area (Å²) in [5.74, 6) is 0. The molecule has 64 valence electrons. The summed E-state index contributed by atoms with van der Waals surface area (Å²) in [7, 11) is 0. The maximum atomic E-state index is 8.45. The van der Waals surface area contributed by atoms with Crippen molar-refractivity contribution in [1.29, 1.82) is 0 Å². The van der Waals surface area contributed by atoms with E-state index in [0.29, 0.717) is 0 Å². The van der Waals surface area contributed by atoms with Crippen molar-refractivity contribution in [3.63, 3.8) is 0 Å². The van der Waals surface area contributed by atoms with Gasteiger partial charge in [0, 0.05) is 0 Å². The van der Waals surface area contributed by atoms with Gasteiger partial charge in [0.25, 0.3) is 0 Å². The summed E-state index contributed by atoms with van der Waals surface area (Å²) in [6.45, 7) is 4.11. The molecule has 0 aromatic rings. The highest BCUT2D eigenvalue weighted by molar-refractivity contribution is 5.83. The van der Waals surface area contributed by atoms with Crippen molar-refractivity contribution in [2.45, 2.75) is 39.5 Å². The number of oxime groups is 1. The highest BCUT2D eigenvalue weighted by Gasteiger charge is 1.92. The molecule has 0 bridgehead atoms. The van der Waals surface area contributed by atoms with E-state index in [1.54, 1.807) is 0 Å². The first-order chi connectivity index (χ1) is 5.35. The van der Waals surface area contributed by atoms with Crippen LogP contribution in [0.5, 0.6) is 0 Å². The second-order valence-corrected chi connectivity index (χ2v) is 2.44. The maximum Gasteiger partial charge on any atom is 0.0571 e. The number of hydrogen-bond acceptors (Lipinski definition) is 2. The third-order valence-electron chi connectivity index (χ3n) is 1.55. The van der Waals surface area contributed by atoms with Gasteiger partial charge in [0.2, 0.25) is 0 Å². The maximum absolute atomic E-state index is 8.45. The van der Waals surface area contributed by atoms with Crippen LogP contribution in [0, 0.1) is 0 Å². The van der Waals surface area contributed by atoms with Crippen LogP contribution in [-0.4, -0.2) is 10.9 Å². The van der Waals surface area contributed by atoms with E-state index in [0.717, 1.165) is 31.4 Å². The Morgan fingerprint density at radius 3 is 2.55 bits per heavy atom. The van der Waals surface area contributed by atoms with Gasteiger partial charge in [0.05, 0.1) is 5.71 Å². The Bertz CT molecular complexity index is 138. The van der Waals surface area contributed by atoms with Gasteiger partial charge in [-0.15, -0.1) is 0 Å². The monoisotopic (exact) mass is 155 g/mol. The van der Waals surface area contributed by atoms with Crippen LogP contribution < -0.4 is 0 Å². The molecule has 0 heterocycles. The highest BCUT2D eigenvalue weighted by Crippen LogP contribution is 1.98. The minimum absolute atomic E-state index is 0.844. The summed E-state index contributed by atoms with van der Waals surface area (Å²) in [5, 5.41) is 11.6. The molecule has 0 fully saturated rings. The lowest BCUT2D eigenvalue weighted by Gasteiger charge is -1.95. The lowest BCUT2D eigenvalue weighted by atomic mass is 10.1. The number of hydrogen-bond donors (Lipinski definition) is 1. The molecule has 0 unspecified atom stereocenters. The summed E-state index contributed by atoms with van der Waals surface area (Å²) < 4.78 is 0. The number of nitrogens with zero attached hydrogens (tertiary/aromatic N) is 1. The first-order valence-electron chi connectivity index (χ1n) is 4.19. The molecule has 0 aliphatic rings. The zero-order chi connectivity index (χ0) is 8.53. The van der Waals surface area contributed by atoms with Crippen LogP contribution in [0.4, 0.5) is 0 Å². The van der Waals surface area contributed by atoms with Gasteiger partial charge >= 0.3 is 0 Å². The molecule has 0 saturated heterocycles. The molecule has 0 aromatic carbocycles. The van der Waals surface area contributed by atoms with E-state index in [1.807, 2.05) is 6.92 Å². The Hall–Kier alpha value is -0.790. The van der Waals surface area contributed by atoms with Crippen LogP contribution in [0.2, 0.25) is 0 Å². The zero-order valence-corrected chi connectivity index (χ0v) is 7.38. The highest BCUT2D eigenvalue weighted by atomic mass is 16.4. The van der Waals surface area contributed by atoms with Crippen LogP contribution in [0.1, 0.15) is 39.5 Å². The van der Waals surface area contributed by atoms with Crippen molar-refractivity contribution in [1.82, 2.24) is 0 Å². The van der Waals surface area contributed by atoms with Crippen molar-refractivity contribution in [3.05, 3.63) is 12.2 Å². The Kier molecular flexibility index (Phi) is 6.79. The van der Waals surface area contributed by atoms with Crippen LogP contribution in [-0.2, 0) is 0 Å². The molecule has 0 saturated carbocycles. The molecule has 0 radical (unpaired) electrons. The van der Waals surface area contributed by atoms with E-state index in [2.05, 4.69) is 24.2 Å². The average Bonchev–Trinajstić information content (AvgIpc) is 2.05. The van der Waals surface area contributed by atoms with Gasteiger partial charge in [-0.2, -0.15) is 0 Å². The van der Waals surface area contributed by atoms with E-state index in [1.165, 1.54) is 0 Å². The molecule has 0 atom stereocenters. The van der Waals surface area contributed by atoms with Crippen molar-refractivity contribution in [2.75, 3.05) is 0 Å². The SMILES string of the molecule is CC/C=C/CC/C(CC)=N/O. The van der Waals surface area contributed by atoms with E-state index in [4.69, 9.17) is 5.21 Å².